The van der Waals surface area contributed by atoms with Crippen LogP contribution in [0.2, 0.25) is 0 Å². The van der Waals surface area contributed by atoms with Crippen LogP contribution in [-0.4, -0.2) is 24.1 Å². The van der Waals surface area contributed by atoms with Crippen molar-refractivity contribution in [1.82, 2.24) is 0 Å². The Hall–Kier alpha value is 0.180. The Labute approximate surface area is 79.4 Å². The molecular formula is C9H16BrN. The van der Waals surface area contributed by atoms with Crippen LogP contribution in [0.3, 0.4) is 0 Å². The zero-order valence-corrected chi connectivity index (χ0v) is 8.52. The lowest BCUT2D eigenvalue weighted by Gasteiger charge is -2.46. The zero-order chi connectivity index (χ0) is 7.03. The van der Waals surface area contributed by atoms with E-state index >= 15 is 0 Å². The number of hydrogen-bond donors (Lipinski definition) is 0. The van der Waals surface area contributed by atoms with Gasteiger partial charge in [0.25, 0.3) is 0 Å². The summed E-state index contributed by atoms with van der Waals surface area (Å²) < 4.78 is 1.22. The number of rotatable bonds is 1. The van der Waals surface area contributed by atoms with Gasteiger partial charge in [-0.25, -0.2) is 0 Å². The Balaban J connectivity index is 0.000000605. The molecule has 3 aliphatic heterocycles. The van der Waals surface area contributed by atoms with E-state index in [4.69, 9.17) is 0 Å². The Morgan fingerprint density at radius 1 is 1.09 bits per heavy atom. The molecule has 0 N–H and O–H groups in total. The monoisotopic (exact) mass is 217 g/mol. The molecule has 3 fully saturated rings. The summed E-state index contributed by atoms with van der Waals surface area (Å²) in [5.41, 5.74) is 0. The average molecular weight is 218 g/mol. The highest BCUT2D eigenvalue weighted by molar-refractivity contribution is 4.75. The summed E-state index contributed by atoms with van der Waals surface area (Å²) in [5, 5.41) is 0. The lowest BCUT2D eigenvalue weighted by molar-refractivity contribution is -0.895. The minimum atomic E-state index is 0. The second-order valence-electron chi connectivity index (χ2n) is 3.80. The van der Waals surface area contributed by atoms with Crippen molar-refractivity contribution in [3.05, 3.63) is 12.8 Å². The summed E-state index contributed by atoms with van der Waals surface area (Å²) in [4.78, 5) is 0. The van der Waals surface area contributed by atoms with E-state index < -0.39 is 0 Å². The van der Waals surface area contributed by atoms with E-state index in [1.54, 1.807) is 0 Å². The molecule has 0 aliphatic carbocycles. The molecular weight excluding hydrogens is 202 g/mol. The molecule has 0 saturated carbocycles. The predicted octanol–water partition coefficient (Wildman–Crippen LogP) is -1.24. The first-order chi connectivity index (χ1) is 4.85. The summed E-state index contributed by atoms with van der Waals surface area (Å²) in [7, 11) is 0. The van der Waals surface area contributed by atoms with Gasteiger partial charge in [0.1, 0.15) is 0 Å². The fourth-order valence-corrected chi connectivity index (χ4v) is 2.36. The smallest absolute Gasteiger partial charge is 0.0885 e. The molecule has 0 unspecified atom stereocenters. The maximum atomic E-state index is 3.92. The average Bonchev–Trinajstić information content (AvgIpc) is 2.08. The van der Waals surface area contributed by atoms with Gasteiger partial charge in [-0.15, -0.1) is 0 Å². The first-order valence-electron chi connectivity index (χ1n) is 4.34. The zero-order valence-electron chi connectivity index (χ0n) is 6.93. The van der Waals surface area contributed by atoms with Gasteiger partial charge >= 0.3 is 0 Å². The van der Waals surface area contributed by atoms with Gasteiger partial charge in [0.05, 0.1) is 25.8 Å². The van der Waals surface area contributed by atoms with Gasteiger partial charge in [-0.2, -0.15) is 0 Å². The maximum absolute atomic E-state index is 3.92. The van der Waals surface area contributed by atoms with Gasteiger partial charge in [-0.1, -0.05) is 0 Å². The molecule has 2 heteroatoms. The topological polar surface area (TPSA) is 0 Å². The minimum absolute atomic E-state index is 0. The highest BCUT2D eigenvalue weighted by Gasteiger charge is 2.37. The van der Waals surface area contributed by atoms with Gasteiger partial charge < -0.3 is 17.0 Å². The van der Waals surface area contributed by atoms with E-state index in [0.29, 0.717) is 0 Å². The van der Waals surface area contributed by atoms with Crippen molar-refractivity contribution in [1.29, 1.82) is 0 Å². The molecule has 3 saturated heterocycles. The molecule has 0 aromatic carbocycles. The fraction of sp³-hybridized carbons (Fsp3) is 0.778. The normalized spacial score (nSPS) is 41.3. The summed E-state index contributed by atoms with van der Waals surface area (Å²) in [6.45, 7) is 8.03. The van der Waals surface area contributed by atoms with Crippen LogP contribution in [0.1, 0.15) is 19.3 Å². The number of halogens is 1. The van der Waals surface area contributed by atoms with Gasteiger partial charge in [0, 0.05) is 19.3 Å². The minimum Gasteiger partial charge on any atom is -1.00 e. The number of fused-ring (bicyclic) bond motifs is 3. The number of nitrogens with zero attached hydrogens (tertiary/aromatic N) is 1. The quantitative estimate of drug-likeness (QED) is 0.483. The van der Waals surface area contributed by atoms with Crippen molar-refractivity contribution in [3.8, 4) is 0 Å². The van der Waals surface area contributed by atoms with Gasteiger partial charge in [-0.05, 0) is 12.5 Å². The lowest BCUT2D eigenvalue weighted by Crippen LogP contribution is -3.00. The SMILES string of the molecule is C=C[N+]12CCC(CC1)CC2.[Br-]. The molecule has 0 spiro atoms. The largest absolute Gasteiger partial charge is 1.00 e. The fourth-order valence-electron chi connectivity index (χ4n) is 2.36. The molecule has 0 aromatic rings. The van der Waals surface area contributed by atoms with Crippen molar-refractivity contribution in [2.45, 2.75) is 19.3 Å². The van der Waals surface area contributed by atoms with E-state index in [1.807, 2.05) is 0 Å². The highest BCUT2D eigenvalue weighted by atomic mass is 79.9. The van der Waals surface area contributed by atoms with Crippen molar-refractivity contribution in [3.63, 3.8) is 0 Å². The van der Waals surface area contributed by atoms with Gasteiger partial charge in [0.2, 0.25) is 0 Å². The second-order valence-corrected chi connectivity index (χ2v) is 3.80. The van der Waals surface area contributed by atoms with Crippen LogP contribution in [0.25, 0.3) is 0 Å². The molecule has 3 rings (SSSR count). The van der Waals surface area contributed by atoms with Crippen molar-refractivity contribution in [2.24, 2.45) is 5.92 Å². The number of quaternary nitrogens is 1. The summed E-state index contributed by atoms with van der Waals surface area (Å²) >= 11 is 0. The van der Waals surface area contributed by atoms with Crippen molar-refractivity contribution < 1.29 is 21.5 Å². The molecule has 0 atom stereocenters. The third-order valence-electron chi connectivity index (χ3n) is 3.34. The Kier molecular flexibility index (Phi) is 2.76. The molecule has 3 aliphatic rings. The van der Waals surface area contributed by atoms with E-state index in [9.17, 15) is 0 Å². The second kappa shape index (κ2) is 3.28. The maximum Gasteiger partial charge on any atom is 0.0885 e. The molecule has 3 heterocycles. The van der Waals surface area contributed by atoms with Crippen molar-refractivity contribution >= 4 is 0 Å². The molecule has 0 aromatic heterocycles. The van der Waals surface area contributed by atoms with Crippen LogP contribution >= 0.6 is 0 Å². The van der Waals surface area contributed by atoms with E-state index in [2.05, 4.69) is 12.8 Å². The van der Waals surface area contributed by atoms with E-state index in [1.165, 1.54) is 43.4 Å². The molecule has 2 bridgehead atoms. The summed E-state index contributed by atoms with van der Waals surface area (Å²) in [5.74, 6) is 1.07. The molecule has 64 valence electrons. The predicted molar refractivity (Wildman–Crippen MR) is 42.4 cm³/mol. The van der Waals surface area contributed by atoms with Crippen LogP contribution in [0, 0.1) is 5.92 Å². The first-order valence-corrected chi connectivity index (χ1v) is 4.34. The van der Waals surface area contributed by atoms with Crippen LogP contribution in [0.5, 0.6) is 0 Å². The van der Waals surface area contributed by atoms with E-state index in [-0.39, 0.29) is 17.0 Å². The molecule has 1 nitrogen and oxygen atoms in total. The Morgan fingerprint density at radius 3 is 1.82 bits per heavy atom. The van der Waals surface area contributed by atoms with E-state index in [0.717, 1.165) is 5.92 Å². The third kappa shape index (κ3) is 1.52. The van der Waals surface area contributed by atoms with Crippen LogP contribution in [0.4, 0.5) is 0 Å². The van der Waals surface area contributed by atoms with Gasteiger partial charge in [-0.3, -0.25) is 4.48 Å². The standard InChI is InChI=1S/C9H16N.BrH/c1-2-10-6-3-9(4-7-10)5-8-10;/h2,9H,1,3-8H2;1H/q+1;/p-1. The molecule has 0 amide bonds. The Bertz CT molecular complexity index is 134. The third-order valence-corrected chi connectivity index (χ3v) is 3.34. The molecule has 11 heavy (non-hydrogen) atoms. The van der Waals surface area contributed by atoms with Crippen LogP contribution in [0.15, 0.2) is 12.8 Å². The first kappa shape index (κ1) is 9.27. The summed E-state index contributed by atoms with van der Waals surface area (Å²) in [6, 6.07) is 0. The lowest BCUT2D eigenvalue weighted by atomic mass is 9.86. The van der Waals surface area contributed by atoms with Crippen molar-refractivity contribution in [2.75, 3.05) is 19.6 Å². The highest BCUT2D eigenvalue weighted by Crippen LogP contribution is 2.33. The van der Waals surface area contributed by atoms with Crippen LogP contribution in [-0.2, 0) is 0 Å². The summed E-state index contributed by atoms with van der Waals surface area (Å²) in [6.07, 6.45) is 6.51. The Morgan fingerprint density at radius 2 is 1.55 bits per heavy atom. The number of piperidine rings is 3. The molecule has 0 radical (unpaired) electrons. The van der Waals surface area contributed by atoms with Gasteiger partial charge in [0.15, 0.2) is 0 Å². The number of hydrogen-bond acceptors (Lipinski definition) is 0. The van der Waals surface area contributed by atoms with Crippen LogP contribution < -0.4 is 17.0 Å².